The van der Waals surface area contributed by atoms with Crippen LogP contribution in [0.15, 0.2) is 72.0 Å². The molecule has 1 amide bonds. The van der Waals surface area contributed by atoms with Gasteiger partial charge in [0.15, 0.2) is 11.5 Å². The van der Waals surface area contributed by atoms with E-state index in [0.29, 0.717) is 26.3 Å². The van der Waals surface area contributed by atoms with Gasteiger partial charge in [-0.15, -0.1) is 0 Å². The number of allylic oxidation sites excluding steroid dienone is 1. The lowest BCUT2D eigenvalue weighted by Crippen LogP contribution is -2.43. The summed E-state index contributed by atoms with van der Waals surface area (Å²) in [6.07, 6.45) is 4.05. The minimum absolute atomic E-state index is 0.137. The molecule has 1 atom stereocenters. The molecule has 0 spiro atoms. The number of hydrogen-bond acceptors (Lipinski definition) is 5. The van der Waals surface area contributed by atoms with Crippen molar-refractivity contribution in [2.75, 3.05) is 39.4 Å². The van der Waals surface area contributed by atoms with E-state index in [1.165, 1.54) is 11.6 Å². The Kier molecular flexibility index (Phi) is 7.37. The number of morpholine rings is 1. The number of ketones is 1. The summed E-state index contributed by atoms with van der Waals surface area (Å²) in [6.45, 7) is 6.12. The van der Waals surface area contributed by atoms with E-state index >= 15 is 0 Å². The summed E-state index contributed by atoms with van der Waals surface area (Å²) in [5, 5.41) is 10.8. The van der Waals surface area contributed by atoms with Crippen LogP contribution in [0.3, 0.4) is 0 Å². The lowest BCUT2D eigenvalue weighted by molar-refractivity contribution is -0.129. The fraction of sp³-hybridized carbons (Fsp3) is 0.333. The number of benzene rings is 2. The molecule has 2 heterocycles. The lowest BCUT2D eigenvalue weighted by Gasteiger charge is -2.31. The van der Waals surface area contributed by atoms with Gasteiger partial charge < -0.3 is 14.7 Å². The van der Waals surface area contributed by atoms with Gasteiger partial charge in [0.2, 0.25) is 0 Å². The number of carbonyl (C=O) groups is 2. The molecule has 0 aromatic heterocycles. The Morgan fingerprint density at radius 1 is 1.06 bits per heavy atom. The number of hydrogen-bond donors (Lipinski definition) is 1. The van der Waals surface area contributed by atoms with Crippen molar-refractivity contribution >= 4 is 17.8 Å². The van der Waals surface area contributed by atoms with Crippen LogP contribution in [-0.4, -0.2) is 66.0 Å². The lowest BCUT2D eigenvalue weighted by atomic mass is 9.94. The highest BCUT2D eigenvalue weighted by atomic mass is 16.5. The maximum atomic E-state index is 13.2. The molecule has 33 heavy (non-hydrogen) atoms. The average molecular weight is 447 g/mol. The second kappa shape index (κ2) is 10.6. The highest BCUT2D eigenvalue weighted by Crippen LogP contribution is 2.38. The Morgan fingerprint density at radius 3 is 2.42 bits per heavy atom. The van der Waals surface area contributed by atoms with Gasteiger partial charge >= 0.3 is 0 Å². The number of aliphatic hydroxyl groups excluding tert-OH is 1. The summed E-state index contributed by atoms with van der Waals surface area (Å²) in [4.78, 5) is 30.2. The highest BCUT2D eigenvalue weighted by molar-refractivity contribution is 6.14. The fourth-order valence-corrected chi connectivity index (χ4v) is 4.32. The van der Waals surface area contributed by atoms with E-state index in [4.69, 9.17) is 4.74 Å². The Balaban J connectivity index is 1.62. The van der Waals surface area contributed by atoms with E-state index in [2.05, 4.69) is 11.8 Å². The number of amides is 1. The van der Waals surface area contributed by atoms with Crippen LogP contribution in [0, 0.1) is 0 Å². The van der Waals surface area contributed by atoms with E-state index in [0.717, 1.165) is 30.6 Å². The molecule has 2 aliphatic rings. The second-order valence-electron chi connectivity index (χ2n) is 8.32. The van der Waals surface area contributed by atoms with Crippen molar-refractivity contribution in [1.82, 2.24) is 9.80 Å². The van der Waals surface area contributed by atoms with Crippen LogP contribution in [0.1, 0.15) is 29.7 Å². The van der Waals surface area contributed by atoms with Crippen molar-refractivity contribution in [3.05, 3.63) is 88.7 Å². The number of rotatable bonds is 8. The summed E-state index contributed by atoms with van der Waals surface area (Å²) in [5.74, 6) is -1.31. The second-order valence-corrected chi connectivity index (χ2v) is 8.32. The Bertz CT molecular complexity index is 1040. The van der Waals surface area contributed by atoms with Crippen LogP contribution in [-0.2, 0) is 20.7 Å². The molecule has 172 valence electrons. The van der Waals surface area contributed by atoms with Crippen molar-refractivity contribution < 1.29 is 19.4 Å². The standard InChI is InChI=1S/C27H30N2O4/c1-2-20-8-11-22(12-9-20)25-24(23(30)13-10-21-6-4-3-5-7-21)26(31)27(32)29(25)15-14-28-16-18-33-19-17-28/h3-13,25,31H,2,14-19H2,1H3. The van der Waals surface area contributed by atoms with E-state index in [9.17, 15) is 14.7 Å². The number of nitrogens with zero attached hydrogens (tertiary/aromatic N) is 2. The topological polar surface area (TPSA) is 70.1 Å². The van der Waals surface area contributed by atoms with Gasteiger partial charge in [-0.2, -0.15) is 0 Å². The van der Waals surface area contributed by atoms with Crippen molar-refractivity contribution in [2.24, 2.45) is 0 Å². The monoisotopic (exact) mass is 446 g/mol. The minimum Gasteiger partial charge on any atom is -0.503 e. The molecular weight excluding hydrogens is 416 g/mol. The van der Waals surface area contributed by atoms with E-state index in [-0.39, 0.29) is 11.4 Å². The molecule has 1 saturated heterocycles. The SMILES string of the molecule is CCc1ccc(C2C(C(=O)C=Cc3ccccc3)=C(O)C(=O)N2CCN2CCOCC2)cc1. The summed E-state index contributed by atoms with van der Waals surface area (Å²) in [6, 6.07) is 16.8. The first-order valence-electron chi connectivity index (χ1n) is 11.5. The predicted molar refractivity (Wildman–Crippen MR) is 128 cm³/mol. The fourth-order valence-electron chi connectivity index (χ4n) is 4.32. The van der Waals surface area contributed by atoms with Crippen LogP contribution >= 0.6 is 0 Å². The number of ether oxygens (including phenoxy) is 1. The van der Waals surface area contributed by atoms with Gasteiger partial charge in [0.05, 0.1) is 24.8 Å². The Hall–Kier alpha value is -3.22. The molecule has 0 saturated carbocycles. The summed E-state index contributed by atoms with van der Waals surface area (Å²) in [7, 11) is 0. The van der Waals surface area contributed by atoms with Gasteiger partial charge in [-0.25, -0.2) is 0 Å². The molecule has 0 bridgehead atoms. The number of aryl methyl sites for hydroxylation is 1. The molecule has 1 N–H and O–H groups in total. The first-order valence-corrected chi connectivity index (χ1v) is 11.5. The van der Waals surface area contributed by atoms with Crippen molar-refractivity contribution in [2.45, 2.75) is 19.4 Å². The normalized spacial score (nSPS) is 19.6. The highest BCUT2D eigenvalue weighted by Gasteiger charge is 2.42. The molecule has 1 unspecified atom stereocenters. The minimum atomic E-state index is -0.614. The molecule has 6 nitrogen and oxygen atoms in total. The molecule has 6 heteroatoms. The van der Waals surface area contributed by atoms with Gasteiger partial charge in [-0.1, -0.05) is 67.6 Å². The Labute approximate surface area is 194 Å². The molecule has 0 aliphatic carbocycles. The molecule has 2 aliphatic heterocycles. The van der Waals surface area contributed by atoms with Crippen molar-refractivity contribution in [3.8, 4) is 0 Å². The van der Waals surface area contributed by atoms with Crippen LogP contribution in [0.5, 0.6) is 0 Å². The molecular formula is C27H30N2O4. The zero-order valence-electron chi connectivity index (χ0n) is 18.9. The summed E-state index contributed by atoms with van der Waals surface area (Å²) < 4.78 is 5.41. The summed E-state index contributed by atoms with van der Waals surface area (Å²) in [5.41, 5.74) is 3.01. The van der Waals surface area contributed by atoms with Crippen molar-refractivity contribution in [1.29, 1.82) is 0 Å². The van der Waals surface area contributed by atoms with Crippen LogP contribution in [0.4, 0.5) is 0 Å². The van der Waals surface area contributed by atoms with Gasteiger partial charge in [0.1, 0.15) is 0 Å². The molecule has 0 radical (unpaired) electrons. The molecule has 1 fully saturated rings. The number of carbonyl (C=O) groups excluding carboxylic acids is 2. The van der Waals surface area contributed by atoms with Crippen LogP contribution < -0.4 is 0 Å². The van der Waals surface area contributed by atoms with Crippen molar-refractivity contribution in [3.63, 3.8) is 0 Å². The quantitative estimate of drug-likeness (QED) is 0.628. The van der Waals surface area contributed by atoms with Crippen LogP contribution in [0.2, 0.25) is 0 Å². The maximum absolute atomic E-state index is 13.2. The maximum Gasteiger partial charge on any atom is 0.290 e. The van der Waals surface area contributed by atoms with Crippen LogP contribution in [0.25, 0.3) is 6.08 Å². The first-order chi connectivity index (χ1) is 16.1. The summed E-state index contributed by atoms with van der Waals surface area (Å²) >= 11 is 0. The molecule has 2 aromatic rings. The average Bonchev–Trinajstić information content (AvgIpc) is 3.12. The molecule has 2 aromatic carbocycles. The van der Waals surface area contributed by atoms with Gasteiger partial charge in [-0.3, -0.25) is 14.5 Å². The first kappa shape index (κ1) is 23.0. The van der Waals surface area contributed by atoms with Gasteiger partial charge in [0.25, 0.3) is 5.91 Å². The zero-order chi connectivity index (χ0) is 23.2. The predicted octanol–water partition coefficient (Wildman–Crippen LogP) is 3.56. The smallest absolute Gasteiger partial charge is 0.290 e. The Morgan fingerprint density at radius 2 is 1.76 bits per heavy atom. The number of aliphatic hydroxyl groups is 1. The van der Waals surface area contributed by atoms with E-state index in [1.54, 1.807) is 11.0 Å². The van der Waals surface area contributed by atoms with Gasteiger partial charge in [0, 0.05) is 26.2 Å². The third-order valence-electron chi connectivity index (χ3n) is 6.26. The molecule has 4 rings (SSSR count). The largest absolute Gasteiger partial charge is 0.503 e. The third kappa shape index (κ3) is 5.24. The van der Waals surface area contributed by atoms with E-state index < -0.39 is 17.7 Å². The van der Waals surface area contributed by atoms with Gasteiger partial charge in [-0.05, 0) is 29.2 Å². The van der Waals surface area contributed by atoms with E-state index in [1.807, 2.05) is 54.6 Å². The zero-order valence-corrected chi connectivity index (χ0v) is 18.9. The third-order valence-corrected chi connectivity index (χ3v) is 6.26.